The predicted molar refractivity (Wildman–Crippen MR) is 94.8 cm³/mol. The van der Waals surface area contributed by atoms with Crippen LogP contribution in [-0.2, 0) is 4.74 Å². The van der Waals surface area contributed by atoms with Crippen LogP contribution in [0.4, 0.5) is 4.39 Å². The van der Waals surface area contributed by atoms with Crippen molar-refractivity contribution in [2.45, 2.75) is 37.6 Å². The number of likely N-dealkylation sites (tertiary alicyclic amines) is 1. The maximum Gasteiger partial charge on any atom is 0.123 e. The minimum atomic E-state index is -0.235. The molecule has 0 amide bonds. The Morgan fingerprint density at radius 1 is 1.08 bits per heavy atom. The first-order valence-electron chi connectivity index (χ1n) is 9.20. The average molecular weight is 341 g/mol. The summed E-state index contributed by atoms with van der Waals surface area (Å²) < 4.78 is 19.2. The molecule has 2 saturated heterocycles. The van der Waals surface area contributed by atoms with E-state index in [0.29, 0.717) is 12.0 Å². The third-order valence-corrected chi connectivity index (χ3v) is 5.37. The van der Waals surface area contributed by atoms with E-state index < -0.39 is 0 Å². The first-order valence-corrected chi connectivity index (χ1v) is 9.20. The summed E-state index contributed by atoms with van der Waals surface area (Å²) in [6.45, 7) is 3.89. The topological polar surface area (TPSA) is 38.2 Å². The number of hydrogen-bond donors (Lipinski definition) is 0. The summed E-state index contributed by atoms with van der Waals surface area (Å²) in [7, 11) is 0. The van der Waals surface area contributed by atoms with E-state index in [-0.39, 0.29) is 5.82 Å². The van der Waals surface area contributed by atoms with Gasteiger partial charge < -0.3 is 4.74 Å². The van der Waals surface area contributed by atoms with Crippen molar-refractivity contribution in [3.63, 3.8) is 0 Å². The van der Waals surface area contributed by atoms with Gasteiger partial charge in [-0.3, -0.25) is 14.9 Å². The van der Waals surface area contributed by atoms with E-state index in [4.69, 9.17) is 4.74 Å². The second kappa shape index (κ2) is 7.58. The summed E-state index contributed by atoms with van der Waals surface area (Å²) in [5, 5.41) is 0. The van der Waals surface area contributed by atoms with E-state index in [1.54, 1.807) is 24.5 Å². The Balaban J connectivity index is 1.59. The molecule has 4 rings (SSSR count). The summed E-state index contributed by atoms with van der Waals surface area (Å²) in [6.07, 6.45) is 7.96. The van der Waals surface area contributed by atoms with Crippen molar-refractivity contribution in [2.75, 3.05) is 26.3 Å². The van der Waals surface area contributed by atoms with Crippen LogP contribution in [-0.4, -0.2) is 47.2 Å². The van der Waals surface area contributed by atoms with Gasteiger partial charge in [0.25, 0.3) is 0 Å². The van der Waals surface area contributed by atoms with E-state index in [1.807, 2.05) is 6.07 Å². The van der Waals surface area contributed by atoms with Gasteiger partial charge in [0.05, 0.1) is 11.4 Å². The maximum absolute atomic E-state index is 13.7. The molecule has 0 saturated carbocycles. The first kappa shape index (κ1) is 16.6. The summed E-state index contributed by atoms with van der Waals surface area (Å²) in [4.78, 5) is 11.8. The van der Waals surface area contributed by atoms with Crippen molar-refractivity contribution in [3.8, 4) is 11.3 Å². The van der Waals surface area contributed by atoms with Gasteiger partial charge in [-0.25, -0.2) is 4.39 Å². The predicted octanol–water partition coefficient (Wildman–Crippen LogP) is 3.64. The number of piperidine rings is 1. The highest BCUT2D eigenvalue weighted by molar-refractivity contribution is 5.62. The second-order valence-corrected chi connectivity index (χ2v) is 6.98. The van der Waals surface area contributed by atoms with Crippen molar-refractivity contribution in [1.82, 2.24) is 14.9 Å². The number of nitrogens with zero attached hydrogens (tertiary/aromatic N) is 3. The molecule has 0 aliphatic carbocycles. The number of hydrogen-bond acceptors (Lipinski definition) is 4. The second-order valence-electron chi connectivity index (χ2n) is 6.98. The smallest absolute Gasteiger partial charge is 0.123 e. The molecule has 4 nitrogen and oxygen atoms in total. The SMILES string of the molecule is Fc1cccc(-c2nccnc2[C@@H]2CCCN(C3CCOCC3)C2)c1. The van der Waals surface area contributed by atoms with Crippen molar-refractivity contribution in [1.29, 1.82) is 0 Å². The Hall–Kier alpha value is -1.85. The lowest BCUT2D eigenvalue weighted by atomic mass is 9.90. The van der Waals surface area contributed by atoms with E-state index in [1.165, 1.54) is 12.5 Å². The van der Waals surface area contributed by atoms with Crippen molar-refractivity contribution in [3.05, 3.63) is 48.2 Å². The number of aromatic nitrogens is 2. The lowest BCUT2D eigenvalue weighted by Gasteiger charge is -2.40. The molecule has 132 valence electrons. The summed E-state index contributed by atoms with van der Waals surface area (Å²) in [5.41, 5.74) is 2.64. The number of benzene rings is 1. The van der Waals surface area contributed by atoms with Crippen LogP contribution in [0.2, 0.25) is 0 Å². The molecule has 2 aliphatic heterocycles. The zero-order valence-electron chi connectivity index (χ0n) is 14.4. The molecule has 0 bridgehead atoms. The fraction of sp³-hybridized carbons (Fsp3) is 0.500. The fourth-order valence-electron chi connectivity index (χ4n) is 4.12. The van der Waals surface area contributed by atoms with E-state index in [0.717, 1.165) is 62.5 Å². The molecule has 0 N–H and O–H groups in total. The Morgan fingerprint density at radius 2 is 1.92 bits per heavy atom. The minimum Gasteiger partial charge on any atom is -0.381 e. The largest absolute Gasteiger partial charge is 0.381 e. The van der Waals surface area contributed by atoms with Gasteiger partial charge in [0.1, 0.15) is 5.82 Å². The standard InChI is InChI=1S/C20H24FN3O/c21-17-5-1-3-15(13-17)19-20(23-9-8-22-19)16-4-2-10-24(14-16)18-6-11-25-12-7-18/h1,3,5,8-9,13,16,18H,2,4,6-7,10-12,14H2/t16-/m1/s1. The molecule has 2 aromatic rings. The van der Waals surface area contributed by atoms with Crippen LogP contribution in [0.3, 0.4) is 0 Å². The Morgan fingerprint density at radius 3 is 2.76 bits per heavy atom. The Bertz CT molecular complexity index is 718. The van der Waals surface area contributed by atoms with Crippen molar-refractivity contribution < 1.29 is 9.13 Å². The van der Waals surface area contributed by atoms with Crippen molar-refractivity contribution >= 4 is 0 Å². The molecule has 1 aromatic heterocycles. The van der Waals surface area contributed by atoms with Crippen LogP contribution >= 0.6 is 0 Å². The van der Waals surface area contributed by atoms with Gasteiger partial charge in [-0.15, -0.1) is 0 Å². The molecule has 0 spiro atoms. The van der Waals surface area contributed by atoms with Gasteiger partial charge in [-0.1, -0.05) is 12.1 Å². The number of halogens is 1. The molecular formula is C20H24FN3O. The monoisotopic (exact) mass is 341 g/mol. The van der Waals surface area contributed by atoms with Crippen LogP contribution in [0, 0.1) is 5.82 Å². The van der Waals surface area contributed by atoms with E-state index in [2.05, 4.69) is 14.9 Å². The molecule has 25 heavy (non-hydrogen) atoms. The third-order valence-electron chi connectivity index (χ3n) is 5.37. The summed E-state index contributed by atoms with van der Waals surface area (Å²) in [5.74, 6) is 0.116. The van der Waals surface area contributed by atoms with E-state index >= 15 is 0 Å². The molecule has 2 aliphatic rings. The van der Waals surface area contributed by atoms with E-state index in [9.17, 15) is 4.39 Å². The molecule has 0 radical (unpaired) electrons. The number of ether oxygens (including phenoxy) is 1. The molecule has 2 fully saturated rings. The molecule has 1 aromatic carbocycles. The number of rotatable bonds is 3. The maximum atomic E-state index is 13.7. The lowest BCUT2D eigenvalue weighted by molar-refractivity contribution is 0.0238. The average Bonchev–Trinajstić information content (AvgIpc) is 2.69. The van der Waals surface area contributed by atoms with Crippen LogP contribution in [0.5, 0.6) is 0 Å². The highest BCUT2D eigenvalue weighted by atomic mass is 19.1. The first-order chi connectivity index (χ1) is 12.3. The van der Waals surface area contributed by atoms with Crippen LogP contribution in [0.1, 0.15) is 37.3 Å². The molecule has 0 unspecified atom stereocenters. The molecule has 1 atom stereocenters. The highest BCUT2D eigenvalue weighted by Crippen LogP contribution is 2.33. The van der Waals surface area contributed by atoms with Gasteiger partial charge in [0.2, 0.25) is 0 Å². The summed E-state index contributed by atoms with van der Waals surface area (Å²) >= 11 is 0. The van der Waals surface area contributed by atoms with Gasteiger partial charge >= 0.3 is 0 Å². The van der Waals surface area contributed by atoms with Crippen molar-refractivity contribution in [2.24, 2.45) is 0 Å². The minimum absolute atomic E-state index is 0.235. The van der Waals surface area contributed by atoms with Gasteiger partial charge in [0, 0.05) is 49.7 Å². The Kier molecular flexibility index (Phi) is 5.04. The molecular weight excluding hydrogens is 317 g/mol. The zero-order valence-corrected chi connectivity index (χ0v) is 14.4. The highest BCUT2D eigenvalue weighted by Gasteiger charge is 2.30. The summed E-state index contributed by atoms with van der Waals surface area (Å²) in [6, 6.07) is 7.28. The van der Waals surface area contributed by atoms with Crippen LogP contribution in [0.15, 0.2) is 36.7 Å². The molecule has 3 heterocycles. The normalized spacial score (nSPS) is 22.8. The quantitative estimate of drug-likeness (QED) is 0.854. The van der Waals surface area contributed by atoms with Gasteiger partial charge in [-0.2, -0.15) is 0 Å². The van der Waals surface area contributed by atoms with Gasteiger partial charge in [-0.05, 0) is 44.4 Å². The molecule has 5 heteroatoms. The zero-order chi connectivity index (χ0) is 17.1. The van der Waals surface area contributed by atoms with Gasteiger partial charge in [0.15, 0.2) is 0 Å². The van der Waals surface area contributed by atoms with Crippen LogP contribution < -0.4 is 0 Å². The lowest BCUT2D eigenvalue weighted by Crippen LogP contribution is -2.44. The fourth-order valence-corrected chi connectivity index (χ4v) is 4.12. The van der Waals surface area contributed by atoms with Crippen LogP contribution in [0.25, 0.3) is 11.3 Å². The third kappa shape index (κ3) is 3.72. The Labute approximate surface area is 148 Å².